The van der Waals surface area contributed by atoms with Crippen LogP contribution in [0.1, 0.15) is 16.7 Å². The molecule has 0 spiro atoms. The zero-order valence-electron chi connectivity index (χ0n) is 11.3. The Bertz CT molecular complexity index is 724. The van der Waals surface area contributed by atoms with Crippen LogP contribution in [0.5, 0.6) is 0 Å². The van der Waals surface area contributed by atoms with Gasteiger partial charge < -0.3 is 0 Å². The van der Waals surface area contributed by atoms with Crippen LogP contribution in [0.4, 0.5) is 39.5 Å². The molecule has 2 aromatic rings. The van der Waals surface area contributed by atoms with E-state index < -0.39 is 46.3 Å². The summed E-state index contributed by atoms with van der Waals surface area (Å²) in [4.78, 5) is 3.13. The molecule has 24 heavy (non-hydrogen) atoms. The lowest BCUT2D eigenvalue weighted by Gasteiger charge is -2.19. The molecule has 1 aromatic carbocycles. The normalized spacial score (nSPS) is 13.2. The average molecular weight is 359 g/mol. The number of hydrogen-bond donors (Lipinski definition) is 0. The van der Waals surface area contributed by atoms with Crippen LogP contribution in [0, 0.1) is 0 Å². The molecule has 0 saturated carbocycles. The van der Waals surface area contributed by atoms with Gasteiger partial charge in [0, 0.05) is 18.0 Å². The van der Waals surface area contributed by atoms with E-state index in [2.05, 4.69) is 4.98 Å². The van der Waals surface area contributed by atoms with Crippen LogP contribution >= 0.6 is 0 Å². The van der Waals surface area contributed by atoms with E-state index in [4.69, 9.17) is 0 Å². The van der Waals surface area contributed by atoms with E-state index in [0.29, 0.717) is 30.5 Å². The first-order chi connectivity index (χ1) is 10.8. The number of benzene rings is 1. The van der Waals surface area contributed by atoms with Crippen LogP contribution in [-0.2, 0) is 18.5 Å². The molecule has 0 aliphatic heterocycles. The highest BCUT2D eigenvalue weighted by Gasteiger charge is 2.45. The first-order valence-corrected chi connectivity index (χ1v) is 6.12. The van der Waals surface area contributed by atoms with Crippen molar-refractivity contribution in [2.45, 2.75) is 18.5 Å². The lowest BCUT2D eigenvalue weighted by molar-refractivity contribution is -0.161. The Morgan fingerprint density at radius 1 is 0.625 bits per heavy atom. The predicted molar refractivity (Wildman–Crippen MR) is 64.7 cm³/mol. The van der Waals surface area contributed by atoms with Crippen molar-refractivity contribution >= 4 is 0 Å². The number of nitrogens with zero attached hydrogens (tertiary/aromatic N) is 1. The lowest BCUT2D eigenvalue weighted by Crippen LogP contribution is -2.18. The highest BCUT2D eigenvalue weighted by molar-refractivity contribution is 5.69. The Labute approximate surface area is 128 Å². The van der Waals surface area contributed by atoms with Crippen molar-refractivity contribution < 1.29 is 39.5 Å². The summed E-state index contributed by atoms with van der Waals surface area (Å²) in [6, 6.07) is 2.29. The van der Waals surface area contributed by atoms with Crippen LogP contribution in [0.3, 0.4) is 0 Å². The second-order valence-electron chi connectivity index (χ2n) is 4.68. The summed E-state index contributed by atoms with van der Waals surface area (Å²) in [5, 5.41) is 0. The molecule has 0 saturated heterocycles. The van der Waals surface area contributed by atoms with E-state index in [1.807, 2.05) is 0 Å². The van der Waals surface area contributed by atoms with E-state index in [9.17, 15) is 39.5 Å². The standard InChI is InChI=1S/C14H6F9N/c15-12(16,17)8-3-1-7(2-4-8)9-5-24-6-10(13(18,19)20)11(9)14(21,22)23/h1-6H. The summed E-state index contributed by atoms with van der Waals surface area (Å²) in [6.07, 6.45) is -14.9. The lowest BCUT2D eigenvalue weighted by atomic mass is 9.96. The fourth-order valence-corrected chi connectivity index (χ4v) is 2.04. The largest absolute Gasteiger partial charge is 0.418 e. The molecular weight excluding hydrogens is 353 g/mol. The Balaban J connectivity index is 2.67. The summed E-state index contributed by atoms with van der Waals surface area (Å²) in [6.45, 7) is 0. The molecule has 0 fully saturated rings. The van der Waals surface area contributed by atoms with Gasteiger partial charge in [-0.05, 0) is 17.7 Å². The van der Waals surface area contributed by atoms with Crippen molar-refractivity contribution in [1.82, 2.24) is 4.98 Å². The maximum absolute atomic E-state index is 13.1. The average Bonchev–Trinajstić information content (AvgIpc) is 2.44. The van der Waals surface area contributed by atoms with Crippen molar-refractivity contribution in [3.63, 3.8) is 0 Å². The first kappa shape index (κ1) is 18.1. The third-order valence-corrected chi connectivity index (χ3v) is 3.06. The van der Waals surface area contributed by atoms with Gasteiger partial charge in [-0.2, -0.15) is 39.5 Å². The molecule has 0 amide bonds. The fourth-order valence-electron chi connectivity index (χ4n) is 2.04. The highest BCUT2D eigenvalue weighted by atomic mass is 19.4. The molecule has 0 N–H and O–H groups in total. The molecule has 2 rings (SSSR count). The molecular formula is C14H6F9N. The van der Waals surface area contributed by atoms with Gasteiger partial charge in [0.15, 0.2) is 0 Å². The number of halogens is 9. The van der Waals surface area contributed by atoms with E-state index in [1.165, 1.54) is 0 Å². The summed E-state index contributed by atoms with van der Waals surface area (Å²) < 4.78 is 115. The topological polar surface area (TPSA) is 12.9 Å². The minimum absolute atomic E-state index is 0.0242. The molecule has 1 aromatic heterocycles. The zero-order valence-corrected chi connectivity index (χ0v) is 11.3. The van der Waals surface area contributed by atoms with Crippen molar-refractivity contribution in [3.05, 3.63) is 53.3 Å². The molecule has 0 aliphatic rings. The quantitative estimate of drug-likeness (QED) is 0.586. The van der Waals surface area contributed by atoms with E-state index in [0.717, 1.165) is 0 Å². The van der Waals surface area contributed by atoms with Crippen LogP contribution in [0.15, 0.2) is 36.7 Å². The van der Waals surface area contributed by atoms with Gasteiger partial charge in [-0.3, -0.25) is 4.98 Å². The first-order valence-electron chi connectivity index (χ1n) is 6.12. The third kappa shape index (κ3) is 3.62. The van der Waals surface area contributed by atoms with Crippen molar-refractivity contribution in [1.29, 1.82) is 0 Å². The number of aromatic nitrogens is 1. The minimum Gasteiger partial charge on any atom is -0.263 e. The van der Waals surface area contributed by atoms with E-state index >= 15 is 0 Å². The molecule has 0 aliphatic carbocycles. The van der Waals surface area contributed by atoms with Gasteiger partial charge in [0.05, 0.1) is 16.7 Å². The van der Waals surface area contributed by atoms with Crippen LogP contribution in [-0.4, -0.2) is 4.98 Å². The zero-order chi connectivity index (χ0) is 18.3. The van der Waals surface area contributed by atoms with Gasteiger partial charge >= 0.3 is 18.5 Å². The van der Waals surface area contributed by atoms with E-state index in [1.54, 1.807) is 0 Å². The SMILES string of the molecule is FC(F)(F)c1ccc(-c2cncc(C(F)(F)F)c2C(F)(F)F)cc1. The van der Waals surface area contributed by atoms with Gasteiger partial charge in [0.25, 0.3) is 0 Å². The molecule has 1 heterocycles. The van der Waals surface area contributed by atoms with E-state index in [-0.39, 0.29) is 6.20 Å². The molecule has 0 unspecified atom stereocenters. The van der Waals surface area contributed by atoms with Gasteiger partial charge in [0.1, 0.15) is 0 Å². The van der Waals surface area contributed by atoms with Crippen molar-refractivity contribution in [3.8, 4) is 11.1 Å². The second kappa shape index (κ2) is 5.67. The third-order valence-electron chi connectivity index (χ3n) is 3.06. The fraction of sp³-hybridized carbons (Fsp3) is 0.214. The molecule has 0 bridgehead atoms. The molecule has 0 radical (unpaired) electrons. The number of alkyl halides is 9. The monoisotopic (exact) mass is 359 g/mol. The van der Waals surface area contributed by atoms with Gasteiger partial charge in [0.2, 0.25) is 0 Å². The Hall–Kier alpha value is -2.26. The Morgan fingerprint density at radius 3 is 1.58 bits per heavy atom. The van der Waals surface area contributed by atoms with Gasteiger partial charge in [-0.25, -0.2) is 0 Å². The summed E-state index contributed by atoms with van der Waals surface area (Å²) >= 11 is 0. The van der Waals surface area contributed by atoms with Gasteiger partial charge in [-0.15, -0.1) is 0 Å². The summed E-state index contributed by atoms with van der Waals surface area (Å²) in [5.41, 5.74) is -6.56. The van der Waals surface area contributed by atoms with Crippen LogP contribution < -0.4 is 0 Å². The Morgan fingerprint density at radius 2 is 1.17 bits per heavy atom. The minimum atomic E-state index is -5.37. The Kier molecular flexibility index (Phi) is 4.28. The number of hydrogen-bond acceptors (Lipinski definition) is 1. The summed E-state index contributed by atoms with van der Waals surface area (Å²) in [7, 11) is 0. The maximum Gasteiger partial charge on any atom is 0.418 e. The van der Waals surface area contributed by atoms with Crippen LogP contribution in [0.2, 0.25) is 0 Å². The van der Waals surface area contributed by atoms with Crippen LogP contribution in [0.25, 0.3) is 11.1 Å². The molecule has 130 valence electrons. The summed E-state index contributed by atoms with van der Waals surface area (Å²) in [5.74, 6) is 0. The smallest absolute Gasteiger partial charge is 0.263 e. The van der Waals surface area contributed by atoms with Crippen molar-refractivity contribution in [2.24, 2.45) is 0 Å². The molecule has 1 nitrogen and oxygen atoms in total. The van der Waals surface area contributed by atoms with Crippen molar-refractivity contribution in [2.75, 3.05) is 0 Å². The maximum atomic E-state index is 13.1. The second-order valence-corrected chi connectivity index (χ2v) is 4.68. The number of rotatable bonds is 1. The predicted octanol–water partition coefficient (Wildman–Crippen LogP) is 5.81. The molecule has 10 heteroatoms. The molecule has 0 atom stereocenters. The number of pyridine rings is 1. The highest BCUT2D eigenvalue weighted by Crippen LogP contribution is 2.44. The van der Waals surface area contributed by atoms with Gasteiger partial charge in [-0.1, -0.05) is 12.1 Å².